The lowest BCUT2D eigenvalue weighted by atomic mass is 9.40. The summed E-state index contributed by atoms with van der Waals surface area (Å²) in [7, 11) is 0. The minimum atomic E-state index is -2.17. The van der Waals surface area contributed by atoms with E-state index >= 15 is 0 Å². The molecular formula is C21H32O7. The topological polar surface area (TPSA) is 113 Å². The average molecular weight is 396 g/mol. The SMILES string of the molecule is C=C[C@@]1(C)CC(=O)[C@]2(O)[C@@]3(C)C(O)CCC(C)(C)[C@@H]3C(O)C(OC=O)[C@@]2(C)O1. The molecule has 0 amide bonds. The molecule has 3 N–H and O–H groups in total. The molecule has 3 unspecified atom stereocenters. The van der Waals surface area contributed by atoms with Gasteiger partial charge in [0.1, 0.15) is 5.60 Å². The van der Waals surface area contributed by atoms with Crippen LogP contribution in [0.15, 0.2) is 12.7 Å². The van der Waals surface area contributed by atoms with Gasteiger partial charge in [0.05, 0.1) is 17.8 Å². The van der Waals surface area contributed by atoms with Gasteiger partial charge in [-0.15, -0.1) is 6.58 Å². The number of rotatable bonds is 3. The van der Waals surface area contributed by atoms with Gasteiger partial charge >= 0.3 is 0 Å². The van der Waals surface area contributed by atoms with E-state index in [1.807, 2.05) is 13.8 Å². The van der Waals surface area contributed by atoms with Gasteiger partial charge in [-0.05, 0) is 32.1 Å². The van der Waals surface area contributed by atoms with Gasteiger partial charge in [0.15, 0.2) is 17.5 Å². The molecule has 7 heteroatoms. The second-order valence-corrected chi connectivity index (χ2v) is 9.98. The van der Waals surface area contributed by atoms with Gasteiger partial charge in [0.2, 0.25) is 0 Å². The van der Waals surface area contributed by atoms with Gasteiger partial charge in [-0.1, -0.05) is 26.8 Å². The van der Waals surface area contributed by atoms with E-state index in [9.17, 15) is 24.9 Å². The largest absolute Gasteiger partial charge is 0.459 e. The Morgan fingerprint density at radius 1 is 1.21 bits per heavy atom. The summed E-state index contributed by atoms with van der Waals surface area (Å²) in [6, 6.07) is 0. The maximum absolute atomic E-state index is 13.5. The van der Waals surface area contributed by atoms with E-state index in [1.54, 1.807) is 13.8 Å². The van der Waals surface area contributed by atoms with Crippen molar-refractivity contribution in [1.29, 1.82) is 0 Å². The van der Waals surface area contributed by atoms with Crippen molar-refractivity contribution in [2.24, 2.45) is 16.7 Å². The molecule has 7 nitrogen and oxygen atoms in total. The maximum atomic E-state index is 13.5. The Kier molecular flexibility index (Phi) is 4.68. The first-order valence-corrected chi connectivity index (χ1v) is 9.80. The summed E-state index contributed by atoms with van der Waals surface area (Å²) >= 11 is 0. The molecule has 1 heterocycles. The highest BCUT2D eigenvalue weighted by Gasteiger charge is 2.81. The number of ketones is 1. The van der Waals surface area contributed by atoms with E-state index in [2.05, 4.69) is 6.58 Å². The first kappa shape index (κ1) is 21.4. The zero-order chi connectivity index (χ0) is 21.3. The molecule has 3 aliphatic rings. The molecule has 3 rings (SSSR count). The summed E-state index contributed by atoms with van der Waals surface area (Å²) in [4.78, 5) is 24.8. The quantitative estimate of drug-likeness (QED) is 0.484. The molecule has 28 heavy (non-hydrogen) atoms. The fraction of sp³-hybridized carbons (Fsp3) is 0.810. The third-order valence-corrected chi connectivity index (χ3v) is 7.93. The minimum Gasteiger partial charge on any atom is -0.459 e. The minimum absolute atomic E-state index is 0.137. The molecule has 158 valence electrons. The van der Waals surface area contributed by atoms with E-state index < -0.39 is 57.6 Å². The summed E-state index contributed by atoms with van der Waals surface area (Å²) in [6.07, 6.45) is -1.28. The lowest BCUT2D eigenvalue weighted by Gasteiger charge is -2.71. The Morgan fingerprint density at radius 3 is 2.36 bits per heavy atom. The van der Waals surface area contributed by atoms with Crippen molar-refractivity contribution in [3.05, 3.63) is 12.7 Å². The average Bonchev–Trinajstić information content (AvgIpc) is 2.59. The van der Waals surface area contributed by atoms with E-state index in [0.717, 1.165) is 0 Å². The van der Waals surface area contributed by atoms with Crippen molar-refractivity contribution in [1.82, 2.24) is 0 Å². The molecule has 0 aromatic carbocycles. The molecule has 8 atom stereocenters. The van der Waals surface area contributed by atoms with Crippen molar-refractivity contribution in [3.8, 4) is 0 Å². The standard InChI is InChI=1S/C21H32O7/c1-7-18(4)10-13(24)21(26)19(5)12(23)8-9-17(2,3)15(19)14(25)16(27-11-22)20(21,6)28-18/h7,11-12,14-16,23,25-26H,1,8-10H2,2-6H3/t12?,14?,15-,16?,18-,19-,20+,21-/m0/s1. The van der Waals surface area contributed by atoms with Crippen LogP contribution in [0.1, 0.15) is 53.9 Å². The molecular weight excluding hydrogens is 364 g/mol. The number of aliphatic hydroxyl groups excluding tert-OH is 2. The van der Waals surface area contributed by atoms with Gasteiger partial charge in [0.25, 0.3) is 6.47 Å². The second kappa shape index (κ2) is 6.11. The summed E-state index contributed by atoms with van der Waals surface area (Å²) in [5.41, 5.74) is -6.97. The van der Waals surface area contributed by atoms with Crippen molar-refractivity contribution in [2.75, 3.05) is 0 Å². The Bertz CT molecular complexity index is 705. The Balaban J connectivity index is 2.32. The van der Waals surface area contributed by atoms with Crippen molar-refractivity contribution in [3.63, 3.8) is 0 Å². The predicted molar refractivity (Wildman–Crippen MR) is 100 cm³/mol. The van der Waals surface area contributed by atoms with Crippen LogP contribution in [0, 0.1) is 16.7 Å². The molecule has 0 radical (unpaired) electrons. The number of carbonyl (C=O) groups is 2. The van der Waals surface area contributed by atoms with Crippen LogP contribution in [0.2, 0.25) is 0 Å². The molecule has 1 aliphatic heterocycles. The van der Waals surface area contributed by atoms with Gasteiger partial charge in [0, 0.05) is 17.8 Å². The lowest BCUT2D eigenvalue weighted by molar-refractivity contribution is -0.369. The number of ether oxygens (including phenoxy) is 2. The Morgan fingerprint density at radius 2 is 1.82 bits per heavy atom. The number of Topliss-reactive ketones (excluding diaryl/α,β-unsaturated/α-hetero) is 1. The molecule has 0 aromatic heterocycles. The van der Waals surface area contributed by atoms with Gasteiger partial charge < -0.3 is 24.8 Å². The number of hydrogen-bond donors (Lipinski definition) is 3. The number of hydrogen-bond acceptors (Lipinski definition) is 7. The molecule has 3 fully saturated rings. The van der Waals surface area contributed by atoms with E-state index in [-0.39, 0.29) is 12.9 Å². The fourth-order valence-electron chi connectivity index (χ4n) is 6.57. The Labute approximate surface area is 165 Å². The van der Waals surface area contributed by atoms with E-state index in [1.165, 1.54) is 13.0 Å². The molecule has 1 saturated heterocycles. The highest BCUT2D eigenvalue weighted by molar-refractivity contribution is 5.92. The summed E-state index contributed by atoms with van der Waals surface area (Å²) in [6.45, 7) is 12.5. The highest BCUT2D eigenvalue weighted by Crippen LogP contribution is 2.66. The Hall–Kier alpha value is -1.28. The zero-order valence-corrected chi connectivity index (χ0v) is 17.3. The summed E-state index contributed by atoms with van der Waals surface area (Å²) < 4.78 is 11.5. The van der Waals surface area contributed by atoms with Crippen molar-refractivity contribution >= 4 is 12.3 Å². The van der Waals surface area contributed by atoms with Crippen LogP contribution in [0.4, 0.5) is 0 Å². The zero-order valence-electron chi connectivity index (χ0n) is 17.3. The number of aliphatic hydroxyl groups is 3. The van der Waals surface area contributed by atoms with Crippen molar-refractivity contribution in [2.45, 2.75) is 89.0 Å². The molecule has 0 aromatic rings. The van der Waals surface area contributed by atoms with Crippen LogP contribution >= 0.6 is 0 Å². The predicted octanol–water partition coefficient (Wildman–Crippen LogP) is 1.13. The van der Waals surface area contributed by atoms with Gasteiger partial charge in [-0.3, -0.25) is 9.59 Å². The summed E-state index contributed by atoms with van der Waals surface area (Å²) in [5, 5.41) is 34.4. The van der Waals surface area contributed by atoms with Crippen LogP contribution in [-0.4, -0.2) is 62.7 Å². The maximum Gasteiger partial charge on any atom is 0.293 e. The first-order valence-electron chi connectivity index (χ1n) is 9.80. The number of carbonyl (C=O) groups excluding carboxylic acids is 2. The van der Waals surface area contributed by atoms with Crippen LogP contribution in [-0.2, 0) is 19.1 Å². The lowest BCUT2D eigenvalue weighted by Crippen LogP contribution is -2.86. The van der Waals surface area contributed by atoms with Gasteiger partial charge in [-0.2, -0.15) is 0 Å². The van der Waals surface area contributed by atoms with Crippen LogP contribution in [0.25, 0.3) is 0 Å². The third-order valence-electron chi connectivity index (χ3n) is 7.93. The second-order valence-electron chi connectivity index (χ2n) is 9.98. The van der Waals surface area contributed by atoms with Crippen LogP contribution in [0.3, 0.4) is 0 Å². The molecule has 0 bridgehead atoms. The molecule has 0 spiro atoms. The van der Waals surface area contributed by atoms with E-state index in [0.29, 0.717) is 12.8 Å². The monoisotopic (exact) mass is 396 g/mol. The van der Waals surface area contributed by atoms with Gasteiger partial charge in [-0.25, -0.2) is 0 Å². The fourth-order valence-corrected chi connectivity index (χ4v) is 6.57. The van der Waals surface area contributed by atoms with E-state index in [4.69, 9.17) is 9.47 Å². The highest BCUT2D eigenvalue weighted by atomic mass is 16.6. The smallest absolute Gasteiger partial charge is 0.293 e. The normalized spacial score (nSPS) is 52.9. The molecule has 2 aliphatic carbocycles. The first-order chi connectivity index (χ1) is 12.7. The third kappa shape index (κ3) is 2.30. The van der Waals surface area contributed by atoms with Crippen molar-refractivity contribution < 1.29 is 34.4 Å². The number of fused-ring (bicyclic) bond motifs is 3. The van der Waals surface area contributed by atoms with Crippen LogP contribution < -0.4 is 0 Å². The summed E-state index contributed by atoms with van der Waals surface area (Å²) in [5.74, 6) is -1.22. The van der Waals surface area contributed by atoms with Crippen LogP contribution in [0.5, 0.6) is 0 Å². The molecule has 2 saturated carbocycles.